The Bertz CT molecular complexity index is 749. The molecule has 2 heterocycles. The quantitative estimate of drug-likeness (QED) is 0.870. The van der Waals surface area contributed by atoms with Gasteiger partial charge in [0.05, 0.1) is 26.3 Å². The van der Waals surface area contributed by atoms with E-state index in [1.807, 2.05) is 30.3 Å². The Morgan fingerprint density at radius 1 is 1.28 bits per heavy atom. The highest BCUT2D eigenvalue weighted by Gasteiger charge is 2.31. The molecule has 1 aliphatic heterocycles. The molecule has 0 aliphatic carbocycles. The number of methoxy groups -OCH3 is 2. The highest BCUT2D eigenvalue weighted by Crippen LogP contribution is 2.39. The van der Waals surface area contributed by atoms with Crippen LogP contribution >= 0.6 is 0 Å². The van der Waals surface area contributed by atoms with Crippen LogP contribution in [0.4, 0.5) is 0 Å². The summed E-state index contributed by atoms with van der Waals surface area (Å²) in [5.74, 6) is 0.475. The molecular weight excluding hydrogens is 320 g/mol. The summed E-state index contributed by atoms with van der Waals surface area (Å²) < 4.78 is 10.8. The van der Waals surface area contributed by atoms with E-state index in [9.17, 15) is 9.90 Å². The first-order chi connectivity index (χ1) is 12.1. The Hall–Kier alpha value is -2.60. The maximum Gasteiger partial charge on any atom is 0.305 e. The highest BCUT2D eigenvalue weighted by molar-refractivity contribution is 5.68. The molecule has 0 fully saturated rings. The Labute approximate surface area is 147 Å². The molecule has 0 saturated carbocycles. The van der Waals surface area contributed by atoms with Crippen molar-refractivity contribution >= 4 is 5.97 Å². The van der Waals surface area contributed by atoms with Gasteiger partial charge in [0, 0.05) is 25.3 Å². The molecule has 0 saturated heterocycles. The second-order valence-corrected chi connectivity index (χ2v) is 6.06. The number of pyridine rings is 1. The number of fused-ring (bicyclic) bond motifs is 1. The lowest BCUT2D eigenvalue weighted by Gasteiger charge is -2.37. The van der Waals surface area contributed by atoms with Crippen molar-refractivity contribution in [1.82, 2.24) is 9.88 Å². The molecule has 6 heteroatoms. The maximum atomic E-state index is 11.5. The van der Waals surface area contributed by atoms with Gasteiger partial charge in [-0.1, -0.05) is 6.07 Å². The van der Waals surface area contributed by atoms with Gasteiger partial charge in [0.25, 0.3) is 0 Å². The fourth-order valence-corrected chi connectivity index (χ4v) is 3.37. The summed E-state index contributed by atoms with van der Waals surface area (Å²) in [5.41, 5.74) is 3.03. The van der Waals surface area contributed by atoms with Gasteiger partial charge in [-0.05, 0) is 41.8 Å². The summed E-state index contributed by atoms with van der Waals surface area (Å²) in [7, 11) is 3.19. The van der Waals surface area contributed by atoms with Crippen LogP contribution in [0.5, 0.6) is 11.5 Å². The number of nitrogens with zero attached hydrogens (tertiary/aromatic N) is 2. The van der Waals surface area contributed by atoms with Crippen molar-refractivity contribution in [2.24, 2.45) is 0 Å². The van der Waals surface area contributed by atoms with E-state index in [0.29, 0.717) is 18.0 Å². The average Bonchev–Trinajstić information content (AvgIpc) is 2.63. The van der Waals surface area contributed by atoms with Gasteiger partial charge in [-0.2, -0.15) is 0 Å². The standard InChI is InChI=1S/C19H22N2O4/c1-24-17-9-13-6-8-21(12-14-5-3-4-7-20-14)16(11-19(22)23)15(13)10-18(17)25-2/h3-5,7,9-10,16H,6,8,11-12H2,1-2H3,(H,22,23). The summed E-state index contributed by atoms with van der Waals surface area (Å²) >= 11 is 0. The first-order valence-corrected chi connectivity index (χ1v) is 8.23. The summed E-state index contributed by atoms with van der Waals surface area (Å²) in [6.45, 7) is 1.39. The van der Waals surface area contributed by atoms with Crippen LogP contribution in [0.2, 0.25) is 0 Å². The van der Waals surface area contributed by atoms with Gasteiger partial charge in [0.15, 0.2) is 11.5 Å². The minimum Gasteiger partial charge on any atom is -0.493 e. The molecular formula is C19H22N2O4. The second kappa shape index (κ2) is 7.53. The van der Waals surface area contributed by atoms with Crippen LogP contribution in [-0.4, -0.2) is 41.7 Å². The maximum absolute atomic E-state index is 11.5. The van der Waals surface area contributed by atoms with Crippen molar-refractivity contribution in [2.45, 2.75) is 25.4 Å². The summed E-state index contributed by atoms with van der Waals surface area (Å²) in [6, 6.07) is 9.43. The number of rotatable bonds is 6. The third kappa shape index (κ3) is 3.74. The molecule has 1 aliphatic rings. The molecule has 0 spiro atoms. The summed E-state index contributed by atoms with van der Waals surface area (Å²) in [4.78, 5) is 18.0. The van der Waals surface area contributed by atoms with E-state index in [-0.39, 0.29) is 12.5 Å². The van der Waals surface area contributed by atoms with E-state index in [4.69, 9.17) is 9.47 Å². The largest absolute Gasteiger partial charge is 0.493 e. The van der Waals surface area contributed by atoms with Crippen LogP contribution < -0.4 is 9.47 Å². The zero-order valence-corrected chi connectivity index (χ0v) is 14.4. The smallest absolute Gasteiger partial charge is 0.305 e. The molecule has 6 nitrogen and oxygen atoms in total. The van der Waals surface area contributed by atoms with E-state index in [0.717, 1.165) is 29.8 Å². The Morgan fingerprint density at radius 3 is 2.68 bits per heavy atom. The topological polar surface area (TPSA) is 71.9 Å². The van der Waals surface area contributed by atoms with Crippen molar-refractivity contribution in [3.63, 3.8) is 0 Å². The number of carboxylic acids is 1. The van der Waals surface area contributed by atoms with Gasteiger partial charge in [0.1, 0.15) is 0 Å². The molecule has 2 aromatic rings. The molecule has 1 aromatic carbocycles. The molecule has 25 heavy (non-hydrogen) atoms. The fourth-order valence-electron chi connectivity index (χ4n) is 3.37. The number of aromatic nitrogens is 1. The molecule has 1 unspecified atom stereocenters. The molecule has 1 N–H and O–H groups in total. The lowest BCUT2D eigenvalue weighted by molar-refractivity contribution is -0.138. The highest BCUT2D eigenvalue weighted by atomic mass is 16.5. The van der Waals surface area contributed by atoms with Gasteiger partial charge < -0.3 is 14.6 Å². The monoisotopic (exact) mass is 342 g/mol. The number of carboxylic acid groups (broad SMARTS) is 1. The van der Waals surface area contributed by atoms with E-state index >= 15 is 0 Å². The SMILES string of the molecule is COc1cc2c(cc1OC)C(CC(=O)O)N(Cc1ccccn1)CC2. The zero-order valence-electron chi connectivity index (χ0n) is 14.4. The van der Waals surface area contributed by atoms with Gasteiger partial charge in [-0.25, -0.2) is 0 Å². The van der Waals surface area contributed by atoms with E-state index < -0.39 is 5.97 Å². The average molecular weight is 342 g/mol. The predicted octanol–water partition coefficient (Wildman–Crippen LogP) is 2.67. The summed E-state index contributed by atoms with van der Waals surface area (Å²) in [5, 5.41) is 9.40. The third-order valence-corrected chi connectivity index (χ3v) is 4.57. The van der Waals surface area contributed by atoms with Crippen LogP contribution in [0, 0.1) is 0 Å². The lowest BCUT2D eigenvalue weighted by atomic mass is 9.90. The number of hydrogen-bond acceptors (Lipinski definition) is 5. The first-order valence-electron chi connectivity index (χ1n) is 8.23. The van der Waals surface area contributed by atoms with Crippen molar-refractivity contribution in [2.75, 3.05) is 20.8 Å². The number of benzene rings is 1. The predicted molar refractivity (Wildman–Crippen MR) is 92.9 cm³/mol. The van der Waals surface area contributed by atoms with Crippen LogP contribution in [0.1, 0.15) is 29.3 Å². The third-order valence-electron chi connectivity index (χ3n) is 4.57. The van der Waals surface area contributed by atoms with Crippen LogP contribution in [-0.2, 0) is 17.8 Å². The second-order valence-electron chi connectivity index (χ2n) is 6.06. The van der Waals surface area contributed by atoms with Crippen LogP contribution in [0.25, 0.3) is 0 Å². The molecule has 132 valence electrons. The molecule has 1 atom stereocenters. The van der Waals surface area contributed by atoms with Gasteiger partial charge in [-0.3, -0.25) is 14.7 Å². The lowest BCUT2D eigenvalue weighted by Crippen LogP contribution is -2.36. The van der Waals surface area contributed by atoms with E-state index in [2.05, 4.69) is 9.88 Å². The Morgan fingerprint density at radius 2 is 2.04 bits per heavy atom. The molecule has 0 bridgehead atoms. The van der Waals surface area contributed by atoms with E-state index in [1.165, 1.54) is 0 Å². The van der Waals surface area contributed by atoms with Crippen LogP contribution in [0.3, 0.4) is 0 Å². The Kier molecular flexibility index (Phi) is 5.19. The van der Waals surface area contributed by atoms with Gasteiger partial charge in [-0.15, -0.1) is 0 Å². The first kappa shape index (κ1) is 17.2. The molecule has 3 rings (SSSR count). The number of carbonyl (C=O) groups is 1. The fraction of sp³-hybridized carbons (Fsp3) is 0.368. The normalized spacial score (nSPS) is 17.0. The Balaban J connectivity index is 1.96. The van der Waals surface area contributed by atoms with Crippen molar-refractivity contribution in [3.05, 3.63) is 53.3 Å². The molecule has 0 radical (unpaired) electrons. The minimum atomic E-state index is -0.821. The molecule has 1 aromatic heterocycles. The number of ether oxygens (including phenoxy) is 2. The van der Waals surface area contributed by atoms with E-state index in [1.54, 1.807) is 20.4 Å². The van der Waals surface area contributed by atoms with Crippen molar-refractivity contribution in [3.8, 4) is 11.5 Å². The number of hydrogen-bond donors (Lipinski definition) is 1. The summed E-state index contributed by atoms with van der Waals surface area (Å²) in [6.07, 6.45) is 2.63. The van der Waals surface area contributed by atoms with Crippen molar-refractivity contribution in [1.29, 1.82) is 0 Å². The molecule has 0 amide bonds. The van der Waals surface area contributed by atoms with Gasteiger partial charge in [0.2, 0.25) is 0 Å². The van der Waals surface area contributed by atoms with Crippen molar-refractivity contribution < 1.29 is 19.4 Å². The zero-order chi connectivity index (χ0) is 17.8. The number of aliphatic carboxylic acids is 1. The minimum absolute atomic E-state index is 0.0370. The van der Waals surface area contributed by atoms with Gasteiger partial charge >= 0.3 is 5.97 Å². The van der Waals surface area contributed by atoms with Crippen LogP contribution in [0.15, 0.2) is 36.5 Å².